The van der Waals surface area contributed by atoms with Gasteiger partial charge in [-0.2, -0.15) is 0 Å². The lowest BCUT2D eigenvalue weighted by Gasteiger charge is -2.53. The van der Waals surface area contributed by atoms with Gasteiger partial charge in [-0.05, 0) is 74.0 Å². The van der Waals surface area contributed by atoms with E-state index in [1.807, 2.05) is 37.2 Å². The molecule has 25 heavy (non-hydrogen) atoms. The van der Waals surface area contributed by atoms with Gasteiger partial charge in [0.25, 0.3) is 5.91 Å². The zero-order valence-corrected chi connectivity index (χ0v) is 15.0. The molecule has 4 fully saturated rings. The summed E-state index contributed by atoms with van der Waals surface area (Å²) in [7, 11) is 3.87. The summed E-state index contributed by atoms with van der Waals surface area (Å²) in [6, 6.07) is 7.38. The molecule has 4 aliphatic rings. The number of anilines is 1. The van der Waals surface area contributed by atoms with Crippen LogP contribution in [0.5, 0.6) is 0 Å². The van der Waals surface area contributed by atoms with Gasteiger partial charge in [0.05, 0.1) is 0 Å². The number of hydrogen-bond donors (Lipinski definition) is 2. The van der Waals surface area contributed by atoms with Crippen molar-refractivity contribution in [3.05, 3.63) is 29.8 Å². The van der Waals surface area contributed by atoms with E-state index in [0.717, 1.165) is 17.5 Å². The molecule has 0 unspecified atom stereocenters. The molecule has 0 aromatic heterocycles. The molecular weight excluding hydrogens is 314 g/mol. The fraction of sp³-hybridized carbons (Fsp3) is 0.600. The van der Waals surface area contributed by atoms with Crippen LogP contribution in [0.2, 0.25) is 0 Å². The van der Waals surface area contributed by atoms with Crippen LogP contribution in [0.15, 0.2) is 24.3 Å². The summed E-state index contributed by atoms with van der Waals surface area (Å²) in [5.41, 5.74) is 6.83. The molecule has 4 bridgehead atoms. The van der Waals surface area contributed by atoms with Gasteiger partial charge in [-0.3, -0.25) is 20.4 Å². The Balaban J connectivity index is 1.37. The highest BCUT2D eigenvalue weighted by Crippen LogP contribution is 2.56. The van der Waals surface area contributed by atoms with Gasteiger partial charge in [-0.1, -0.05) is 6.07 Å². The molecular formula is C20H27N3O2. The van der Waals surface area contributed by atoms with E-state index >= 15 is 0 Å². The number of nitrogens with one attached hydrogen (secondary N) is 2. The zero-order chi connectivity index (χ0) is 17.6. The topological polar surface area (TPSA) is 61.4 Å². The van der Waals surface area contributed by atoms with E-state index in [1.54, 1.807) is 6.07 Å². The monoisotopic (exact) mass is 341 g/mol. The largest absolute Gasteiger partial charge is 0.378 e. The average molecular weight is 341 g/mol. The fourth-order valence-corrected chi connectivity index (χ4v) is 5.55. The predicted octanol–water partition coefficient (Wildman–Crippen LogP) is 2.59. The maximum absolute atomic E-state index is 12.7. The third-order valence-electron chi connectivity index (χ3n) is 6.45. The van der Waals surface area contributed by atoms with Crippen molar-refractivity contribution in [1.82, 2.24) is 10.9 Å². The second-order valence-corrected chi connectivity index (χ2v) is 8.34. The number of hydrazine groups is 1. The van der Waals surface area contributed by atoms with Gasteiger partial charge in [0.15, 0.2) is 0 Å². The Bertz CT molecular complexity index is 657. The average Bonchev–Trinajstić information content (AvgIpc) is 2.58. The van der Waals surface area contributed by atoms with Crippen LogP contribution in [-0.2, 0) is 4.79 Å². The molecule has 0 heterocycles. The lowest BCUT2D eigenvalue weighted by molar-refractivity contribution is -0.138. The maximum Gasteiger partial charge on any atom is 0.269 e. The van der Waals surface area contributed by atoms with Crippen LogP contribution in [0.1, 0.15) is 42.5 Å². The van der Waals surface area contributed by atoms with Crippen molar-refractivity contribution in [3.8, 4) is 0 Å². The summed E-state index contributed by atoms with van der Waals surface area (Å²) in [5.74, 6) is 2.55. The van der Waals surface area contributed by atoms with E-state index in [1.165, 1.54) is 32.1 Å². The Labute approximate surface area is 149 Å². The van der Waals surface area contributed by atoms with Crippen molar-refractivity contribution in [2.45, 2.75) is 32.1 Å². The Morgan fingerprint density at radius 1 is 0.960 bits per heavy atom. The molecule has 0 radical (unpaired) electrons. The first kappa shape index (κ1) is 16.4. The van der Waals surface area contributed by atoms with Gasteiger partial charge in [0.1, 0.15) is 0 Å². The van der Waals surface area contributed by atoms with Gasteiger partial charge in [0, 0.05) is 31.3 Å². The smallest absolute Gasteiger partial charge is 0.269 e. The molecule has 4 aliphatic carbocycles. The normalized spacial score (nSPS) is 32.3. The summed E-state index contributed by atoms with van der Waals surface area (Å²) in [6.45, 7) is 0. The van der Waals surface area contributed by atoms with Gasteiger partial charge >= 0.3 is 0 Å². The third-order valence-corrected chi connectivity index (χ3v) is 6.45. The van der Waals surface area contributed by atoms with Gasteiger partial charge in [-0.25, -0.2) is 0 Å². The van der Waals surface area contributed by atoms with E-state index in [-0.39, 0.29) is 17.7 Å². The quantitative estimate of drug-likeness (QED) is 0.831. The van der Waals surface area contributed by atoms with Crippen molar-refractivity contribution < 1.29 is 9.59 Å². The van der Waals surface area contributed by atoms with Crippen LogP contribution < -0.4 is 15.8 Å². The maximum atomic E-state index is 12.7. The molecule has 5 nitrogen and oxygen atoms in total. The summed E-state index contributed by atoms with van der Waals surface area (Å²) in [6.07, 6.45) is 6.17. The Kier molecular flexibility index (Phi) is 4.18. The molecule has 1 aromatic rings. The SMILES string of the molecule is CN(C)c1cccc(C(=O)NNC(=O)C2C3CC4CC(C3)CC2C4)c1. The number of carbonyl (C=O) groups excluding carboxylic acids is 2. The first-order valence-electron chi connectivity index (χ1n) is 9.39. The number of carbonyl (C=O) groups is 2. The molecule has 4 saturated carbocycles. The van der Waals surface area contributed by atoms with E-state index in [2.05, 4.69) is 10.9 Å². The zero-order valence-electron chi connectivity index (χ0n) is 15.0. The first-order chi connectivity index (χ1) is 12.0. The van der Waals surface area contributed by atoms with Crippen molar-refractivity contribution in [3.63, 3.8) is 0 Å². The number of nitrogens with zero attached hydrogens (tertiary/aromatic N) is 1. The van der Waals surface area contributed by atoms with E-state index in [0.29, 0.717) is 17.4 Å². The summed E-state index contributed by atoms with van der Waals surface area (Å²) in [5, 5.41) is 0. The minimum Gasteiger partial charge on any atom is -0.378 e. The standard InChI is InChI=1S/C20H27N3O2/c1-23(2)17-5-3-4-14(11-17)19(24)21-22-20(25)18-15-7-12-6-13(9-15)10-16(18)8-12/h3-5,11-13,15-16,18H,6-10H2,1-2H3,(H,21,24)(H,22,25). The van der Waals surface area contributed by atoms with Gasteiger partial charge < -0.3 is 4.90 Å². The Hall–Kier alpha value is -2.04. The predicted molar refractivity (Wildman–Crippen MR) is 96.9 cm³/mol. The minimum atomic E-state index is -0.263. The Morgan fingerprint density at radius 3 is 2.20 bits per heavy atom. The molecule has 2 N–H and O–H groups in total. The van der Waals surface area contributed by atoms with Crippen LogP contribution in [0.25, 0.3) is 0 Å². The van der Waals surface area contributed by atoms with E-state index < -0.39 is 0 Å². The molecule has 0 saturated heterocycles. The van der Waals surface area contributed by atoms with Crippen molar-refractivity contribution in [2.75, 3.05) is 19.0 Å². The third kappa shape index (κ3) is 3.12. The van der Waals surface area contributed by atoms with Crippen LogP contribution in [0.3, 0.4) is 0 Å². The highest BCUT2D eigenvalue weighted by atomic mass is 16.2. The van der Waals surface area contributed by atoms with Crippen LogP contribution in [0.4, 0.5) is 5.69 Å². The highest BCUT2D eigenvalue weighted by molar-refractivity contribution is 5.96. The van der Waals surface area contributed by atoms with E-state index in [4.69, 9.17) is 0 Å². The van der Waals surface area contributed by atoms with Crippen LogP contribution in [0, 0.1) is 29.6 Å². The lowest BCUT2D eigenvalue weighted by Crippen LogP contribution is -2.54. The molecule has 0 spiro atoms. The van der Waals surface area contributed by atoms with Crippen molar-refractivity contribution in [2.24, 2.45) is 29.6 Å². The first-order valence-corrected chi connectivity index (χ1v) is 9.39. The van der Waals surface area contributed by atoms with Gasteiger partial charge in [-0.15, -0.1) is 0 Å². The molecule has 2 amide bonds. The summed E-state index contributed by atoms with van der Waals surface area (Å²) >= 11 is 0. The number of benzene rings is 1. The van der Waals surface area contributed by atoms with Crippen LogP contribution >= 0.6 is 0 Å². The molecule has 1 aromatic carbocycles. The summed E-state index contributed by atoms with van der Waals surface area (Å²) in [4.78, 5) is 27.0. The number of amides is 2. The second-order valence-electron chi connectivity index (χ2n) is 8.34. The van der Waals surface area contributed by atoms with Crippen LogP contribution in [-0.4, -0.2) is 25.9 Å². The highest BCUT2D eigenvalue weighted by Gasteiger charge is 2.50. The fourth-order valence-electron chi connectivity index (χ4n) is 5.55. The number of rotatable bonds is 3. The van der Waals surface area contributed by atoms with Crippen molar-refractivity contribution in [1.29, 1.82) is 0 Å². The molecule has 134 valence electrons. The van der Waals surface area contributed by atoms with E-state index in [9.17, 15) is 9.59 Å². The minimum absolute atomic E-state index is 0.00548. The van der Waals surface area contributed by atoms with Crippen molar-refractivity contribution >= 4 is 17.5 Å². The number of hydrogen-bond acceptors (Lipinski definition) is 3. The second kappa shape index (κ2) is 6.36. The molecule has 5 heteroatoms. The summed E-state index contributed by atoms with van der Waals surface area (Å²) < 4.78 is 0. The Morgan fingerprint density at radius 2 is 1.60 bits per heavy atom. The van der Waals surface area contributed by atoms with Gasteiger partial charge in [0.2, 0.25) is 5.91 Å². The lowest BCUT2D eigenvalue weighted by atomic mass is 9.52. The molecule has 0 aliphatic heterocycles. The molecule has 5 rings (SSSR count). The molecule has 0 atom stereocenters.